The van der Waals surface area contributed by atoms with E-state index in [0.717, 1.165) is 37.7 Å². The maximum atomic E-state index is 12.7. The molecule has 28 heavy (non-hydrogen) atoms. The molecule has 0 aliphatic carbocycles. The lowest BCUT2D eigenvalue weighted by Gasteiger charge is -2.22. The lowest BCUT2D eigenvalue weighted by atomic mass is 10.1. The summed E-state index contributed by atoms with van der Waals surface area (Å²) < 4.78 is 4.96. The topological polar surface area (TPSA) is 128 Å². The van der Waals surface area contributed by atoms with Crippen molar-refractivity contribution in [3.8, 4) is 5.75 Å². The van der Waals surface area contributed by atoms with Crippen LogP contribution in [0.25, 0.3) is 0 Å². The molecule has 1 heterocycles. The molecular formula is C19H20N4O5. The van der Waals surface area contributed by atoms with Gasteiger partial charge in [0.15, 0.2) is 5.75 Å². The highest BCUT2D eigenvalue weighted by Crippen LogP contribution is 2.32. The van der Waals surface area contributed by atoms with E-state index in [1.807, 2.05) is 0 Å². The molecule has 146 valence electrons. The third-order valence-electron chi connectivity index (χ3n) is 4.61. The zero-order chi connectivity index (χ0) is 20.3. The van der Waals surface area contributed by atoms with E-state index in [0.29, 0.717) is 5.69 Å². The molecule has 1 aliphatic heterocycles. The third kappa shape index (κ3) is 3.88. The number of nitrogens with two attached hydrogens (primary N) is 1. The number of ether oxygens (including phenoxy) is 1. The van der Waals surface area contributed by atoms with Gasteiger partial charge in [0.2, 0.25) is 5.91 Å². The highest BCUT2D eigenvalue weighted by molar-refractivity contribution is 6.07. The molecule has 0 spiro atoms. The number of rotatable bonds is 6. The minimum absolute atomic E-state index is 0.0648. The predicted octanol–water partition coefficient (Wildman–Crippen LogP) is 2.55. The monoisotopic (exact) mass is 384 g/mol. The Morgan fingerprint density at radius 2 is 1.82 bits per heavy atom. The molecule has 3 rings (SSSR count). The summed E-state index contributed by atoms with van der Waals surface area (Å²) in [6.07, 6.45) is 2.07. The molecule has 1 aliphatic rings. The van der Waals surface area contributed by atoms with Crippen LogP contribution in [0.15, 0.2) is 36.4 Å². The Morgan fingerprint density at radius 3 is 2.43 bits per heavy atom. The SMILES string of the molecule is COc1ccc(C(=O)Nc2cc(C(N)=O)ccc2N2CCCC2)cc1[N+](=O)[O-]. The maximum Gasteiger partial charge on any atom is 0.311 e. The van der Waals surface area contributed by atoms with Gasteiger partial charge in [-0.3, -0.25) is 19.7 Å². The average Bonchev–Trinajstić information content (AvgIpc) is 3.21. The number of nitro groups is 1. The van der Waals surface area contributed by atoms with Gasteiger partial charge in [-0.05, 0) is 43.2 Å². The number of carbonyl (C=O) groups excluding carboxylic acids is 2. The van der Waals surface area contributed by atoms with Crippen LogP contribution >= 0.6 is 0 Å². The largest absolute Gasteiger partial charge is 0.490 e. The summed E-state index contributed by atoms with van der Waals surface area (Å²) >= 11 is 0. The third-order valence-corrected chi connectivity index (χ3v) is 4.61. The molecule has 3 N–H and O–H groups in total. The summed E-state index contributed by atoms with van der Waals surface area (Å²) in [5, 5.41) is 13.9. The molecule has 2 aromatic carbocycles. The molecule has 0 unspecified atom stereocenters. The highest BCUT2D eigenvalue weighted by Gasteiger charge is 2.21. The molecule has 2 amide bonds. The fourth-order valence-corrected chi connectivity index (χ4v) is 3.19. The summed E-state index contributed by atoms with van der Waals surface area (Å²) in [6, 6.07) is 8.84. The number of nitrogens with one attached hydrogen (secondary N) is 1. The quantitative estimate of drug-likeness (QED) is 0.582. The van der Waals surface area contributed by atoms with E-state index >= 15 is 0 Å². The molecule has 9 nitrogen and oxygen atoms in total. The van der Waals surface area contributed by atoms with Crippen molar-refractivity contribution in [2.75, 3.05) is 30.4 Å². The van der Waals surface area contributed by atoms with Gasteiger partial charge in [0.05, 0.1) is 23.4 Å². The van der Waals surface area contributed by atoms with Crippen LogP contribution in [0, 0.1) is 10.1 Å². The van der Waals surface area contributed by atoms with Crippen molar-refractivity contribution in [2.24, 2.45) is 5.73 Å². The van der Waals surface area contributed by atoms with Crippen LogP contribution in [0.5, 0.6) is 5.75 Å². The number of benzene rings is 2. The summed E-state index contributed by atoms with van der Waals surface area (Å²) in [6.45, 7) is 1.68. The first-order valence-corrected chi connectivity index (χ1v) is 8.73. The second-order valence-corrected chi connectivity index (χ2v) is 6.39. The average molecular weight is 384 g/mol. The summed E-state index contributed by atoms with van der Waals surface area (Å²) in [5.41, 5.74) is 6.63. The molecule has 9 heteroatoms. The van der Waals surface area contributed by atoms with Gasteiger partial charge in [-0.25, -0.2) is 0 Å². The zero-order valence-corrected chi connectivity index (χ0v) is 15.3. The lowest BCUT2D eigenvalue weighted by molar-refractivity contribution is -0.385. The van der Waals surface area contributed by atoms with Gasteiger partial charge in [0.25, 0.3) is 5.91 Å². The summed E-state index contributed by atoms with van der Waals surface area (Å²) in [4.78, 5) is 37.0. The van der Waals surface area contributed by atoms with E-state index in [1.165, 1.54) is 25.3 Å². The number of methoxy groups -OCH3 is 1. The molecule has 0 saturated carbocycles. The normalized spacial score (nSPS) is 13.2. The first-order valence-electron chi connectivity index (χ1n) is 8.73. The maximum absolute atomic E-state index is 12.7. The number of primary amides is 1. The minimum atomic E-state index is -0.612. The Hall–Kier alpha value is -3.62. The van der Waals surface area contributed by atoms with E-state index in [1.54, 1.807) is 12.1 Å². The van der Waals surface area contributed by atoms with Crippen molar-refractivity contribution in [1.29, 1.82) is 0 Å². The van der Waals surface area contributed by atoms with Crippen LogP contribution < -0.4 is 20.7 Å². The Bertz CT molecular complexity index is 938. The molecular weight excluding hydrogens is 364 g/mol. The Kier molecular flexibility index (Phi) is 5.44. The first-order chi connectivity index (χ1) is 13.4. The highest BCUT2D eigenvalue weighted by atomic mass is 16.6. The van der Waals surface area contributed by atoms with Gasteiger partial charge in [-0.2, -0.15) is 0 Å². The summed E-state index contributed by atoms with van der Waals surface area (Å²) in [7, 11) is 1.32. The smallest absolute Gasteiger partial charge is 0.311 e. The van der Waals surface area contributed by atoms with Crippen molar-refractivity contribution in [3.05, 3.63) is 57.6 Å². The standard InChI is InChI=1S/C19H20N4O5/c1-28-17-7-5-13(11-16(17)23(26)27)19(25)21-14-10-12(18(20)24)4-6-15(14)22-8-2-3-9-22/h4-7,10-11H,2-3,8-9H2,1H3,(H2,20,24)(H,21,25). The Balaban J connectivity index is 1.94. The zero-order valence-electron chi connectivity index (χ0n) is 15.3. The van der Waals surface area contributed by atoms with E-state index in [-0.39, 0.29) is 22.6 Å². The van der Waals surface area contributed by atoms with E-state index < -0.39 is 16.7 Å². The minimum Gasteiger partial charge on any atom is -0.490 e. The predicted molar refractivity (Wildman–Crippen MR) is 104 cm³/mol. The number of hydrogen-bond acceptors (Lipinski definition) is 6. The molecule has 1 saturated heterocycles. The van der Waals surface area contributed by atoms with Gasteiger partial charge in [-0.15, -0.1) is 0 Å². The fourth-order valence-electron chi connectivity index (χ4n) is 3.19. The van der Waals surface area contributed by atoms with Crippen molar-refractivity contribution in [3.63, 3.8) is 0 Å². The molecule has 0 radical (unpaired) electrons. The Morgan fingerprint density at radius 1 is 1.14 bits per heavy atom. The van der Waals surface area contributed by atoms with E-state index in [2.05, 4.69) is 10.2 Å². The number of carbonyl (C=O) groups is 2. The van der Waals surface area contributed by atoms with Crippen LogP contribution in [0.2, 0.25) is 0 Å². The van der Waals surface area contributed by atoms with Crippen molar-refractivity contribution < 1.29 is 19.2 Å². The van der Waals surface area contributed by atoms with Gasteiger partial charge in [-0.1, -0.05) is 0 Å². The van der Waals surface area contributed by atoms with Crippen LogP contribution in [-0.4, -0.2) is 36.9 Å². The molecule has 1 fully saturated rings. The number of nitro benzene ring substituents is 1. The molecule has 0 aromatic heterocycles. The van der Waals surface area contributed by atoms with E-state index in [9.17, 15) is 19.7 Å². The van der Waals surface area contributed by atoms with Gasteiger partial charge < -0.3 is 20.7 Å². The summed E-state index contributed by atoms with van der Waals surface area (Å²) in [5.74, 6) is -1.08. The van der Waals surface area contributed by atoms with Crippen LogP contribution in [0.4, 0.5) is 17.1 Å². The number of nitrogens with zero attached hydrogens (tertiary/aromatic N) is 2. The molecule has 0 bridgehead atoms. The number of hydrogen-bond donors (Lipinski definition) is 2. The Labute approximate surface area is 161 Å². The van der Waals surface area contributed by atoms with Crippen LogP contribution in [0.3, 0.4) is 0 Å². The van der Waals surface area contributed by atoms with Crippen LogP contribution in [-0.2, 0) is 0 Å². The second kappa shape index (κ2) is 7.95. The molecule has 0 atom stereocenters. The van der Waals surface area contributed by atoms with E-state index in [4.69, 9.17) is 10.5 Å². The lowest BCUT2D eigenvalue weighted by Crippen LogP contribution is -2.22. The number of amides is 2. The van der Waals surface area contributed by atoms with Crippen molar-refractivity contribution in [2.45, 2.75) is 12.8 Å². The number of anilines is 2. The van der Waals surface area contributed by atoms with Crippen molar-refractivity contribution in [1.82, 2.24) is 0 Å². The van der Waals surface area contributed by atoms with Gasteiger partial charge >= 0.3 is 5.69 Å². The van der Waals surface area contributed by atoms with Gasteiger partial charge in [0, 0.05) is 30.3 Å². The second-order valence-electron chi connectivity index (χ2n) is 6.39. The first kappa shape index (κ1) is 19.2. The fraction of sp³-hybridized carbons (Fsp3) is 0.263. The van der Waals surface area contributed by atoms with Crippen molar-refractivity contribution >= 4 is 28.9 Å². The van der Waals surface area contributed by atoms with Crippen LogP contribution in [0.1, 0.15) is 33.6 Å². The molecule has 2 aromatic rings. The van der Waals surface area contributed by atoms with Gasteiger partial charge in [0.1, 0.15) is 0 Å².